The number of benzene rings is 1. The first-order chi connectivity index (χ1) is 19.3. The van der Waals surface area contributed by atoms with Crippen LogP contribution in [-0.4, -0.2) is 57.9 Å². The van der Waals surface area contributed by atoms with Gasteiger partial charge in [-0.05, 0) is 66.3 Å². The minimum atomic E-state index is -0.994. The van der Waals surface area contributed by atoms with Crippen molar-refractivity contribution in [1.29, 1.82) is 0 Å². The van der Waals surface area contributed by atoms with Crippen LogP contribution in [0.1, 0.15) is 37.7 Å². The summed E-state index contributed by atoms with van der Waals surface area (Å²) >= 11 is 5.86. The fraction of sp³-hybridized carbons (Fsp3) is 0.379. The predicted molar refractivity (Wildman–Crippen MR) is 151 cm³/mol. The van der Waals surface area contributed by atoms with Gasteiger partial charge in [0.2, 0.25) is 5.91 Å². The van der Waals surface area contributed by atoms with Crippen molar-refractivity contribution in [3.63, 3.8) is 0 Å². The summed E-state index contributed by atoms with van der Waals surface area (Å²) in [5.74, 6) is -0.199. The first-order valence-electron chi connectivity index (χ1n) is 13.5. The highest BCUT2D eigenvalue weighted by atomic mass is 35.5. The molecule has 1 aliphatic carbocycles. The second-order valence-electron chi connectivity index (χ2n) is 10.8. The van der Waals surface area contributed by atoms with E-state index in [0.29, 0.717) is 10.9 Å². The molecule has 4 N–H and O–H groups in total. The van der Waals surface area contributed by atoms with Gasteiger partial charge < -0.3 is 15.3 Å². The number of carbonyl (C=O) groups excluding carboxylic acids is 2. The van der Waals surface area contributed by atoms with E-state index in [1.54, 1.807) is 30.6 Å². The number of urea groups is 1. The smallest absolute Gasteiger partial charge is 0.323 e. The van der Waals surface area contributed by atoms with Crippen molar-refractivity contribution < 1.29 is 19.1 Å². The topological polar surface area (TPSA) is 119 Å². The number of aromatic nitrogens is 1. The second kappa shape index (κ2) is 10.8. The number of carbonyl (C=O) groups is 2. The molecule has 11 heteroatoms. The molecular weight excluding hydrogens is 535 g/mol. The lowest BCUT2D eigenvalue weighted by molar-refractivity contribution is -0.119. The van der Waals surface area contributed by atoms with E-state index in [2.05, 4.69) is 25.9 Å². The van der Waals surface area contributed by atoms with Gasteiger partial charge in [0, 0.05) is 31.6 Å². The van der Waals surface area contributed by atoms with E-state index in [4.69, 9.17) is 11.6 Å². The number of fused-ring (bicyclic) bond motifs is 1. The molecule has 1 aromatic heterocycles. The monoisotopic (exact) mass is 564 g/mol. The molecule has 4 atom stereocenters. The number of aliphatic hydroxyl groups excluding tert-OH is 1. The van der Waals surface area contributed by atoms with Crippen LogP contribution in [0.25, 0.3) is 0 Å². The molecule has 208 valence electrons. The second-order valence-corrected chi connectivity index (χ2v) is 11.2. The number of hydrogen-bond donors (Lipinski definition) is 4. The van der Waals surface area contributed by atoms with Crippen molar-refractivity contribution in [2.24, 2.45) is 10.9 Å². The van der Waals surface area contributed by atoms with E-state index < -0.39 is 35.4 Å². The molecule has 40 heavy (non-hydrogen) atoms. The summed E-state index contributed by atoms with van der Waals surface area (Å²) in [6.07, 6.45) is 12.4. The number of hydrogen-bond acceptors (Lipinski definition) is 6. The summed E-state index contributed by atoms with van der Waals surface area (Å²) in [6.45, 7) is -0.0428. The summed E-state index contributed by atoms with van der Waals surface area (Å²) in [5, 5.41) is 19.7. The highest BCUT2D eigenvalue weighted by Gasteiger charge is 2.49. The van der Waals surface area contributed by atoms with Gasteiger partial charge in [-0.25, -0.2) is 14.2 Å². The van der Waals surface area contributed by atoms with Crippen LogP contribution in [0, 0.1) is 11.7 Å². The molecule has 4 aliphatic rings. The molecule has 2 aromatic rings. The molecule has 1 aromatic carbocycles. The van der Waals surface area contributed by atoms with E-state index in [0.717, 1.165) is 24.0 Å². The lowest BCUT2D eigenvalue weighted by atomic mass is 9.68. The van der Waals surface area contributed by atoms with Crippen molar-refractivity contribution >= 4 is 41.3 Å². The maximum atomic E-state index is 15.1. The molecule has 0 bridgehead atoms. The number of aliphatic imine (C=N–C) groups is 1. The SMILES string of the molecule is O=C(Nc1cc(C2(CCC3CC3)NC3C=CN=CC=C32)ccc1F)[C@H]1C[C@@H](O)CN1C(=O)Nc1ccc(Cl)cn1. The summed E-state index contributed by atoms with van der Waals surface area (Å²) in [6, 6.07) is 6.35. The molecule has 3 aliphatic heterocycles. The van der Waals surface area contributed by atoms with Crippen LogP contribution < -0.4 is 16.0 Å². The van der Waals surface area contributed by atoms with E-state index in [9.17, 15) is 14.7 Å². The van der Waals surface area contributed by atoms with E-state index >= 15 is 4.39 Å². The number of likely N-dealkylation sites (tertiary alicyclic amines) is 1. The van der Waals surface area contributed by atoms with E-state index in [1.165, 1.54) is 36.1 Å². The van der Waals surface area contributed by atoms with Gasteiger partial charge in [-0.15, -0.1) is 0 Å². The standard InChI is InChI=1S/C29H30ClFN6O3/c30-19-4-6-26(33-15-19)35-28(40)37-16-20(38)14-25(37)27(39)34-24-13-18(3-5-22(24)31)29(10-7-17-1-2-17)21-8-11-32-12-9-23(21)36-29/h3-6,8-9,11-13,15,17,20,23,25,36,38H,1-2,7,10,14,16H2,(H,34,39)(H,33,35,40)/t20-,23?,25-,29?/m1/s1. The highest BCUT2D eigenvalue weighted by molar-refractivity contribution is 6.30. The Balaban J connectivity index is 1.22. The predicted octanol–water partition coefficient (Wildman–Crippen LogP) is 4.36. The van der Waals surface area contributed by atoms with Gasteiger partial charge in [0.1, 0.15) is 17.7 Å². The van der Waals surface area contributed by atoms with Crippen molar-refractivity contribution in [3.05, 3.63) is 76.9 Å². The van der Waals surface area contributed by atoms with Gasteiger partial charge in [0.05, 0.1) is 28.4 Å². The Hall–Kier alpha value is -3.60. The quantitative estimate of drug-likeness (QED) is 0.398. The molecule has 2 unspecified atom stereocenters. The van der Waals surface area contributed by atoms with Crippen LogP contribution >= 0.6 is 11.6 Å². The lowest BCUT2D eigenvalue weighted by Gasteiger charge is -2.52. The van der Waals surface area contributed by atoms with Crippen LogP contribution in [0.15, 0.2) is 65.4 Å². The first kappa shape index (κ1) is 26.6. The minimum absolute atomic E-state index is 0.0260. The van der Waals surface area contributed by atoms with E-state index in [1.807, 2.05) is 12.2 Å². The van der Waals surface area contributed by atoms with Gasteiger partial charge >= 0.3 is 6.03 Å². The number of pyridine rings is 1. The van der Waals surface area contributed by atoms with Crippen LogP contribution in [0.4, 0.5) is 20.7 Å². The number of rotatable bonds is 7. The Morgan fingerprint density at radius 3 is 2.85 bits per heavy atom. The maximum Gasteiger partial charge on any atom is 0.323 e. The molecule has 2 saturated heterocycles. The molecule has 0 radical (unpaired) electrons. The molecule has 3 fully saturated rings. The third-order valence-electron chi connectivity index (χ3n) is 8.08. The fourth-order valence-corrected chi connectivity index (χ4v) is 5.89. The van der Waals surface area contributed by atoms with Crippen molar-refractivity contribution in [2.75, 3.05) is 17.2 Å². The Labute approximate surface area is 236 Å². The maximum absolute atomic E-state index is 15.1. The summed E-state index contributed by atoms with van der Waals surface area (Å²) in [4.78, 5) is 35.8. The van der Waals surface area contributed by atoms with Crippen molar-refractivity contribution in [1.82, 2.24) is 15.2 Å². The zero-order valence-electron chi connectivity index (χ0n) is 21.7. The van der Waals surface area contributed by atoms with Crippen molar-refractivity contribution in [3.8, 4) is 0 Å². The van der Waals surface area contributed by atoms with Crippen LogP contribution in [0.2, 0.25) is 5.02 Å². The number of aliphatic hydroxyl groups is 1. The number of halogens is 2. The number of nitrogens with one attached hydrogen (secondary N) is 3. The zero-order valence-corrected chi connectivity index (χ0v) is 22.4. The third-order valence-corrected chi connectivity index (χ3v) is 8.30. The number of β-amino-alcohol motifs (C(OH)–C–C–N with tert-alkyl or cyclic N) is 1. The molecule has 6 rings (SSSR count). The van der Waals surface area contributed by atoms with Crippen LogP contribution in [-0.2, 0) is 10.3 Å². The summed E-state index contributed by atoms with van der Waals surface area (Å²) < 4.78 is 15.1. The normalized spacial score (nSPS) is 26.9. The van der Waals surface area contributed by atoms with Crippen molar-refractivity contribution in [2.45, 2.75) is 55.8 Å². The molecule has 9 nitrogen and oxygen atoms in total. The Morgan fingerprint density at radius 1 is 1.23 bits per heavy atom. The highest BCUT2D eigenvalue weighted by Crippen LogP contribution is 2.48. The lowest BCUT2D eigenvalue weighted by Crippen LogP contribution is -2.62. The number of anilines is 2. The summed E-state index contributed by atoms with van der Waals surface area (Å²) in [5.41, 5.74) is 1.55. The average Bonchev–Trinajstić information content (AvgIpc) is 3.71. The largest absolute Gasteiger partial charge is 0.391 e. The summed E-state index contributed by atoms with van der Waals surface area (Å²) in [7, 11) is 0. The minimum Gasteiger partial charge on any atom is -0.391 e. The Morgan fingerprint density at radius 2 is 2.08 bits per heavy atom. The molecule has 0 spiro atoms. The van der Waals surface area contributed by atoms with E-state index in [-0.39, 0.29) is 30.5 Å². The van der Waals surface area contributed by atoms with Gasteiger partial charge in [0.25, 0.3) is 0 Å². The first-order valence-corrected chi connectivity index (χ1v) is 13.9. The van der Waals surface area contributed by atoms with Gasteiger partial charge in [-0.3, -0.25) is 20.4 Å². The number of allylic oxidation sites excluding steroid dienone is 1. The van der Waals surface area contributed by atoms with Crippen LogP contribution in [0.3, 0.4) is 0 Å². The Kier molecular flexibility index (Phi) is 7.16. The van der Waals surface area contributed by atoms with Crippen LogP contribution in [0.5, 0.6) is 0 Å². The zero-order chi connectivity index (χ0) is 27.9. The molecule has 4 heterocycles. The van der Waals surface area contributed by atoms with Gasteiger partial charge in [-0.2, -0.15) is 0 Å². The average molecular weight is 565 g/mol. The third kappa shape index (κ3) is 5.26. The van der Waals surface area contributed by atoms with Gasteiger partial charge in [0.15, 0.2) is 0 Å². The Bertz CT molecular complexity index is 1410. The molecule has 1 saturated carbocycles. The number of nitrogens with zero attached hydrogens (tertiary/aromatic N) is 3. The molecular formula is C29H30ClFN6O3. The number of amides is 3. The fourth-order valence-electron chi connectivity index (χ4n) is 5.78. The van der Waals surface area contributed by atoms with Gasteiger partial charge in [-0.1, -0.05) is 30.5 Å². The molecule has 3 amide bonds.